The van der Waals surface area contributed by atoms with Gasteiger partial charge in [0.2, 0.25) is 5.91 Å². The van der Waals surface area contributed by atoms with Crippen LogP contribution in [0.15, 0.2) is 18.2 Å². The van der Waals surface area contributed by atoms with Crippen LogP contribution in [0.4, 0.5) is 5.69 Å². The van der Waals surface area contributed by atoms with Crippen LogP contribution >= 0.6 is 0 Å². The minimum absolute atomic E-state index is 0.0129. The van der Waals surface area contributed by atoms with Crippen LogP contribution in [0.25, 0.3) is 0 Å². The van der Waals surface area contributed by atoms with Crippen LogP contribution in [0.3, 0.4) is 0 Å². The van der Waals surface area contributed by atoms with Gasteiger partial charge < -0.3 is 10.4 Å². The molecule has 2 aliphatic carbocycles. The maximum atomic E-state index is 12.1. The molecule has 19 heavy (non-hydrogen) atoms. The maximum Gasteiger partial charge on any atom is 0.337 e. The van der Waals surface area contributed by atoms with E-state index < -0.39 is 5.97 Å². The molecule has 2 saturated carbocycles. The van der Waals surface area contributed by atoms with Gasteiger partial charge in [0.25, 0.3) is 0 Å². The Balaban J connectivity index is 1.76. The van der Waals surface area contributed by atoms with E-state index in [2.05, 4.69) is 5.32 Å². The second kappa shape index (κ2) is 4.37. The molecule has 0 aromatic heterocycles. The Morgan fingerprint density at radius 3 is 2.58 bits per heavy atom. The van der Waals surface area contributed by atoms with Gasteiger partial charge in [-0.1, -0.05) is 18.1 Å². The zero-order valence-corrected chi connectivity index (χ0v) is 10.8. The zero-order chi connectivity index (χ0) is 13.6. The first-order valence-electron chi connectivity index (χ1n) is 6.73. The first-order valence-corrected chi connectivity index (χ1v) is 6.73. The summed E-state index contributed by atoms with van der Waals surface area (Å²) in [6, 6.07) is 5.08. The lowest BCUT2D eigenvalue weighted by atomic mass is 10.1. The SMILES string of the molecule is Cc1ccc(NC(=O)C2C3CCCC32)c(C(=O)O)c1. The first kappa shape index (κ1) is 12.2. The van der Waals surface area contributed by atoms with E-state index in [4.69, 9.17) is 5.11 Å². The van der Waals surface area contributed by atoms with Gasteiger partial charge in [0.05, 0.1) is 11.3 Å². The summed E-state index contributed by atoms with van der Waals surface area (Å²) in [7, 11) is 0. The van der Waals surface area contributed by atoms with Crippen molar-refractivity contribution in [2.45, 2.75) is 26.2 Å². The molecule has 2 fully saturated rings. The molecule has 1 aromatic rings. The number of carbonyl (C=O) groups is 2. The summed E-state index contributed by atoms with van der Waals surface area (Å²) in [5, 5.41) is 12.0. The van der Waals surface area contributed by atoms with E-state index in [1.54, 1.807) is 12.1 Å². The van der Waals surface area contributed by atoms with E-state index in [9.17, 15) is 9.59 Å². The van der Waals surface area contributed by atoms with Gasteiger partial charge in [-0.05, 0) is 43.7 Å². The second-order valence-corrected chi connectivity index (χ2v) is 5.63. The third-order valence-corrected chi connectivity index (χ3v) is 4.37. The Labute approximate surface area is 111 Å². The average Bonchev–Trinajstić information content (AvgIpc) is 2.85. The molecule has 100 valence electrons. The highest BCUT2D eigenvalue weighted by molar-refractivity contribution is 6.02. The Kier molecular flexibility index (Phi) is 2.81. The van der Waals surface area contributed by atoms with Crippen molar-refractivity contribution in [1.29, 1.82) is 0 Å². The fraction of sp³-hybridized carbons (Fsp3) is 0.467. The van der Waals surface area contributed by atoms with E-state index >= 15 is 0 Å². The molecule has 0 bridgehead atoms. The molecular weight excluding hydrogens is 242 g/mol. The number of fused-ring (bicyclic) bond motifs is 1. The van der Waals surface area contributed by atoms with Crippen molar-refractivity contribution in [2.75, 3.05) is 5.32 Å². The molecule has 2 unspecified atom stereocenters. The fourth-order valence-corrected chi connectivity index (χ4v) is 3.37. The van der Waals surface area contributed by atoms with Crippen LogP contribution < -0.4 is 5.32 Å². The fourth-order valence-electron chi connectivity index (χ4n) is 3.37. The number of carbonyl (C=O) groups excluding carboxylic acids is 1. The van der Waals surface area contributed by atoms with Crippen LogP contribution in [0.5, 0.6) is 0 Å². The molecule has 1 aromatic carbocycles. The summed E-state index contributed by atoms with van der Waals surface area (Å²) in [6.45, 7) is 1.84. The van der Waals surface area contributed by atoms with Gasteiger partial charge >= 0.3 is 5.97 Å². The quantitative estimate of drug-likeness (QED) is 0.877. The van der Waals surface area contributed by atoms with Crippen molar-refractivity contribution in [1.82, 2.24) is 0 Å². The van der Waals surface area contributed by atoms with Crippen molar-refractivity contribution in [2.24, 2.45) is 17.8 Å². The van der Waals surface area contributed by atoms with Crippen molar-refractivity contribution in [3.63, 3.8) is 0 Å². The molecule has 2 N–H and O–H groups in total. The Morgan fingerprint density at radius 2 is 1.95 bits per heavy atom. The number of hydrogen-bond donors (Lipinski definition) is 2. The number of carboxylic acids is 1. The largest absolute Gasteiger partial charge is 0.478 e. The number of benzene rings is 1. The molecule has 0 saturated heterocycles. The smallest absolute Gasteiger partial charge is 0.337 e. The minimum atomic E-state index is -1.00. The Bertz CT molecular complexity index is 542. The molecule has 3 rings (SSSR count). The van der Waals surface area contributed by atoms with Crippen LogP contribution in [-0.2, 0) is 4.79 Å². The normalized spacial score (nSPS) is 27.7. The average molecular weight is 259 g/mol. The number of aromatic carboxylic acids is 1. The van der Waals surface area contributed by atoms with E-state index in [-0.39, 0.29) is 17.4 Å². The van der Waals surface area contributed by atoms with E-state index in [1.165, 1.54) is 6.42 Å². The van der Waals surface area contributed by atoms with Crippen molar-refractivity contribution in [3.05, 3.63) is 29.3 Å². The maximum absolute atomic E-state index is 12.1. The Morgan fingerprint density at radius 1 is 1.26 bits per heavy atom. The Hall–Kier alpha value is -1.84. The highest BCUT2D eigenvalue weighted by atomic mass is 16.4. The standard InChI is InChI=1S/C15H17NO3/c1-8-5-6-12(11(7-8)15(18)19)16-14(17)13-9-3-2-4-10(9)13/h5-7,9-10,13H,2-4H2,1H3,(H,16,17)(H,18,19). The summed E-state index contributed by atoms with van der Waals surface area (Å²) < 4.78 is 0. The molecular formula is C15H17NO3. The lowest BCUT2D eigenvalue weighted by Gasteiger charge is -2.10. The third kappa shape index (κ3) is 2.11. The first-order chi connectivity index (χ1) is 9.08. The van der Waals surface area contributed by atoms with Crippen molar-refractivity contribution >= 4 is 17.6 Å². The van der Waals surface area contributed by atoms with Crippen molar-refractivity contribution < 1.29 is 14.7 Å². The highest BCUT2D eigenvalue weighted by Crippen LogP contribution is 2.57. The molecule has 2 aliphatic rings. The van der Waals surface area contributed by atoms with Crippen LogP contribution in [-0.4, -0.2) is 17.0 Å². The summed E-state index contributed by atoms with van der Waals surface area (Å²) in [4.78, 5) is 23.3. The minimum Gasteiger partial charge on any atom is -0.478 e. The molecule has 0 heterocycles. The lowest BCUT2D eigenvalue weighted by molar-refractivity contribution is -0.118. The van der Waals surface area contributed by atoms with Gasteiger partial charge in [-0.15, -0.1) is 0 Å². The molecule has 1 amide bonds. The molecule has 0 spiro atoms. The van der Waals surface area contributed by atoms with Gasteiger partial charge in [0.1, 0.15) is 0 Å². The van der Waals surface area contributed by atoms with Crippen LogP contribution in [0.1, 0.15) is 35.2 Å². The summed E-state index contributed by atoms with van der Waals surface area (Å²) in [5.41, 5.74) is 1.45. The van der Waals surface area contributed by atoms with Crippen LogP contribution in [0.2, 0.25) is 0 Å². The van der Waals surface area contributed by atoms with Crippen molar-refractivity contribution in [3.8, 4) is 0 Å². The second-order valence-electron chi connectivity index (χ2n) is 5.63. The predicted octanol–water partition coefficient (Wildman–Crippen LogP) is 2.68. The molecule has 2 atom stereocenters. The van der Waals surface area contributed by atoms with Gasteiger partial charge in [-0.2, -0.15) is 0 Å². The molecule has 4 nitrogen and oxygen atoms in total. The van der Waals surface area contributed by atoms with E-state index in [0.717, 1.165) is 18.4 Å². The van der Waals surface area contributed by atoms with Crippen LogP contribution in [0, 0.1) is 24.7 Å². The van der Waals surface area contributed by atoms with Gasteiger partial charge in [-0.25, -0.2) is 4.79 Å². The van der Waals surface area contributed by atoms with Gasteiger partial charge in [-0.3, -0.25) is 4.79 Å². The summed E-state index contributed by atoms with van der Waals surface area (Å²) in [5.74, 6) is 0.171. The summed E-state index contributed by atoms with van der Waals surface area (Å²) >= 11 is 0. The molecule has 0 aliphatic heterocycles. The summed E-state index contributed by atoms with van der Waals surface area (Å²) in [6.07, 6.45) is 3.51. The number of hydrogen-bond acceptors (Lipinski definition) is 2. The van der Waals surface area contributed by atoms with Gasteiger partial charge in [0.15, 0.2) is 0 Å². The monoisotopic (exact) mass is 259 g/mol. The number of anilines is 1. The predicted molar refractivity (Wildman–Crippen MR) is 71.1 cm³/mol. The van der Waals surface area contributed by atoms with E-state index in [0.29, 0.717) is 17.5 Å². The van der Waals surface area contributed by atoms with Gasteiger partial charge in [0, 0.05) is 5.92 Å². The number of amides is 1. The number of rotatable bonds is 3. The third-order valence-electron chi connectivity index (χ3n) is 4.37. The number of carboxylic acid groups (broad SMARTS) is 1. The number of nitrogens with one attached hydrogen (secondary N) is 1. The molecule has 0 radical (unpaired) electrons. The number of aryl methyl sites for hydroxylation is 1. The topological polar surface area (TPSA) is 66.4 Å². The lowest BCUT2D eigenvalue weighted by Crippen LogP contribution is -2.18. The molecule has 4 heteroatoms. The zero-order valence-electron chi connectivity index (χ0n) is 10.8. The highest BCUT2D eigenvalue weighted by Gasteiger charge is 2.56. The van der Waals surface area contributed by atoms with E-state index in [1.807, 2.05) is 13.0 Å².